The summed E-state index contributed by atoms with van der Waals surface area (Å²) in [4.78, 5) is 0. The van der Waals surface area contributed by atoms with Gasteiger partial charge in [-0.25, -0.2) is 0 Å². The van der Waals surface area contributed by atoms with Gasteiger partial charge in [-0.05, 0) is 66.1 Å². The fraction of sp³-hybridized carbons (Fsp3) is 0.417. The third-order valence-corrected chi connectivity index (χ3v) is 6.85. The molecule has 25 heavy (non-hydrogen) atoms. The Morgan fingerprint density at radius 2 is 1.80 bits per heavy atom. The average Bonchev–Trinajstić information content (AvgIpc) is 2.67. The van der Waals surface area contributed by atoms with E-state index in [2.05, 4.69) is 66.8 Å². The van der Waals surface area contributed by atoms with Gasteiger partial charge in [0.1, 0.15) is 0 Å². The lowest BCUT2D eigenvalue weighted by Gasteiger charge is -2.47. The van der Waals surface area contributed by atoms with Crippen molar-refractivity contribution in [1.82, 2.24) is 0 Å². The number of allylic oxidation sites excluding steroid dienone is 13. The standard InChI is InChI=1S/C24H27N/c25-23-12-6-5-11-20(23)22-15-17-8-2-3-9-18(17)21-14-13-16-7-1-4-10-19(16)24(21)22/h1-2,4,6-8,10,12-16,19-20,22-24H,3,5,9,11,25H2. The molecule has 2 N–H and O–H groups in total. The first-order valence-electron chi connectivity index (χ1n) is 9.90. The highest BCUT2D eigenvalue weighted by molar-refractivity contribution is 5.54. The SMILES string of the molecule is NC1C=CCCC1C1C=C2C=CCCC2=C2C=CC3C=CC=CC3C21. The lowest BCUT2D eigenvalue weighted by Crippen LogP contribution is -2.43. The summed E-state index contributed by atoms with van der Waals surface area (Å²) in [7, 11) is 0. The summed E-state index contributed by atoms with van der Waals surface area (Å²) in [5, 5.41) is 0. The van der Waals surface area contributed by atoms with Crippen molar-refractivity contribution in [3.05, 3.63) is 83.6 Å². The van der Waals surface area contributed by atoms with E-state index in [0.717, 1.165) is 0 Å². The molecule has 0 aromatic rings. The quantitative estimate of drug-likeness (QED) is 0.671. The first-order valence-corrected chi connectivity index (χ1v) is 9.90. The molecule has 0 aromatic carbocycles. The van der Waals surface area contributed by atoms with E-state index in [1.165, 1.54) is 31.3 Å². The fourth-order valence-electron chi connectivity index (χ4n) is 5.67. The van der Waals surface area contributed by atoms with Crippen molar-refractivity contribution in [2.24, 2.45) is 35.3 Å². The molecule has 128 valence electrons. The van der Waals surface area contributed by atoms with Gasteiger partial charge in [0.2, 0.25) is 0 Å². The fourth-order valence-corrected chi connectivity index (χ4v) is 5.67. The van der Waals surface area contributed by atoms with Crippen molar-refractivity contribution in [2.75, 3.05) is 0 Å². The van der Waals surface area contributed by atoms with Crippen molar-refractivity contribution in [2.45, 2.75) is 31.7 Å². The van der Waals surface area contributed by atoms with Crippen LogP contribution in [0, 0.1) is 29.6 Å². The Kier molecular flexibility index (Phi) is 3.78. The van der Waals surface area contributed by atoms with Crippen LogP contribution >= 0.6 is 0 Å². The van der Waals surface area contributed by atoms with Crippen molar-refractivity contribution < 1.29 is 0 Å². The number of rotatable bonds is 1. The number of hydrogen-bond donors (Lipinski definition) is 1. The minimum absolute atomic E-state index is 0.193. The van der Waals surface area contributed by atoms with Gasteiger partial charge in [0.15, 0.2) is 0 Å². The highest BCUT2D eigenvalue weighted by atomic mass is 14.7. The molecule has 0 radical (unpaired) electrons. The van der Waals surface area contributed by atoms with E-state index in [1.807, 2.05) is 0 Å². The number of fused-ring (bicyclic) bond motifs is 4. The number of nitrogens with two attached hydrogens (primary N) is 1. The molecule has 5 aliphatic rings. The Morgan fingerprint density at radius 3 is 2.72 bits per heavy atom. The lowest BCUT2D eigenvalue weighted by molar-refractivity contribution is 0.208. The molecule has 0 fully saturated rings. The largest absolute Gasteiger partial charge is 0.324 e. The van der Waals surface area contributed by atoms with Crippen LogP contribution in [0.25, 0.3) is 0 Å². The highest BCUT2D eigenvalue weighted by Gasteiger charge is 2.43. The Hall–Kier alpha value is -1.86. The van der Waals surface area contributed by atoms with Crippen molar-refractivity contribution in [3.8, 4) is 0 Å². The van der Waals surface area contributed by atoms with Gasteiger partial charge in [0, 0.05) is 12.0 Å². The third-order valence-electron chi connectivity index (χ3n) is 6.85. The van der Waals surface area contributed by atoms with Gasteiger partial charge < -0.3 is 5.73 Å². The summed E-state index contributed by atoms with van der Waals surface area (Å²) in [6.45, 7) is 0. The van der Waals surface area contributed by atoms with Crippen LogP contribution in [0.15, 0.2) is 83.6 Å². The zero-order valence-electron chi connectivity index (χ0n) is 14.7. The topological polar surface area (TPSA) is 26.0 Å². The highest BCUT2D eigenvalue weighted by Crippen LogP contribution is 2.51. The van der Waals surface area contributed by atoms with E-state index >= 15 is 0 Å². The molecule has 5 aliphatic carbocycles. The zero-order valence-corrected chi connectivity index (χ0v) is 14.7. The Bertz CT molecular complexity index is 770. The Balaban J connectivity index is 1.63. The molecule has 0 amide bonds. The first kappa shape index (κ1) is 15.4. The van der Waals surface area contributed by atoms with Crippen LogP contribution in [0.2, 0.25) is 0 Å². The Morgan fingerprint density at radius 1 is 0.880 bits per heavy atom. The van der Waals surface area contributed by atoms with E-state index in [0.29, 0.717) is 29.6 Å². The smallest absolute Gasteiger partial charge is 0.0258 e. The maximum Gasteiger partial charge on any atom is 0.0258 e. The number of hydrogen-bond acceptors (Lipinski definition) is 1. The maximum atomic E-state index is 6.57. The van der Waals surface area contributed by atoms with Crippen LogP contribution in [-0.2, 0) is 0 Å². The average molecular weight is 329 g/mol. The molecule has 0 aromatic heterocycles. The summed E-state index contributed by atoms with van der Waals surface area (Å²) in [6, 6.07) is 0.193. The molecule has 0 bridgehead atoms. The van der Waals surface area contributed by atoms with E-state index in [9.17, 15) is 0 Å². The van der Waals surface area contributed by atoms with Crippen LogP contribution in [0.3, 0.4) is 0 Å². The predicted octanol–water partition coefficient (Wildman–Crippen LogP) is 5.03. The molecular formula is C24H27N. The second kappa shape index (κ2) is 6.14. The zero-order chi connectivity index (χ0) is 16.8. The molecule has 0 aliphatic heterocycles. The summed E-state index contributed by atoms with van der Waals surface area (Å²) in [5.74, 6) is 2.82. The second-order valence-electron chi connectivity index (χ2n) is 8.13. The molecule has 6 unspecified atom stereocenters. The third kappa shape index (κ3) is 2.48. The molecule has 0 spiro atoms. The van der Waals surface area contributed by atoms with Crippen molar-refractivity contribution in [3.63, 3.8) is 0 Å². The maximum absolute atomic E-state index is 6.57. The van der Waals surface area contributed by atoms with Crippen LogP contribution in [0.4, 0.5) is 0 Å². The van der Waals surface area contributed by atoms with Gasteiger partial charge in [-0.3, -0.25) is 0 Å². The molecule has 6 atom stereocenters. The van der Waals surface area contributed by atoms with E-state index in [4.69, 9.17) is 5.73 Å². The molecule has 0 saturated heterocycles. The van der Waals surface area contributed by atoms with Crippen molar-refractivity contribution >= 4 is 0 Å². The molecule has 1 nitrogen and oxygen atoms in total. The molecular weight excluding hydrogens is 302 g/mol. The van der Waals surface area contributed by atoms with Crippen LogP contribution in [-0.4, -0.2) is 6.04 Å². The minimum Gasteiger partial charge on any atom is -0.324 e. The van der Waals surface area contributed by atoms with Crippen LogP contribution in [0.1, 0.15) is 25.7 Å². The normalized spacial score (nSPS) is 41.2. The minimum atomic E-state index is 0.193. The van der Waals surface area contributed by atoms with Gasteiger partial charge in [-0.2, -0.15) is 0 Å². The second-order valence-corrected chi connectivity index (χ2v) is 8.13. The first-order chi connectivity index (χ1) is 12.3. The predicted molar refractivity (Wildman–Crippen MR) is 105 cm³/mol. The summed E-state index contributed by atoms with van der Waals surface area (Å²) < 4.78 is 0. The molecule has 0 heterocycles. The molecule has 0 saturated carbocycles. The van der Waals surface area contributed by atoms with Crippen LogP contribution < -0.4 is 5.73 Å². The van der Waals surface area contributed by atoms with Gasteiger partial charge in [0.25, 0.3) is 0 Å². The monoisotopic (exact) mass is 329 g/mol. The lowest BCUT2D eigenvalue weighted by atomic mass is 9.58. The van der Waals surface area contributed by atoms with E-state index in [1.54, 1.807) is 11.1 Å². The van der Waals surface area contributed by atoms with Gasteiger partial charge in [0.05, 0.1) is 0 Å². The van der Waals surface area contributed by atoms with Crippen molar-refractivity contribution in [1.29, 1.82) is 0 Å². The van der Waals surface area contributed by atoms with Gasteiger partial charge in [-0.15, -0.1) is 0 Å². The summed E-state index contributed by atoms with van der Waals surface area (Å²) >= 11 is 0. The molecule has 1 heteroatoms. The summed E-state index contributed by atoms with van der Waals surface area (Å²) in [6.07, 6.45) is 30.7. The Labute approximate surface area is 151 Å². The van der Waals surface area contributed by atoms with Crippen LogP contribution in [0.5, 0.6) is 0 Å². The summed E-state index contributed by atoms with van der Waals surface area (Å²) in [5.41, 5.74) is 11.2. The van der Waals surface area contributed by atoms with Gasteiger partial charge >= 0.3 is 0 Å². The van der Waals surface area contributed by atoms with Gasteiger partial charge in [-0.1, -0.05) is 66.8 Å². The van der Waals surface area contributed by atoms with E-state index in [-0.39, 0.29) is 6.04 Å². The van der Waals surface area contributed by atoms with E-state index < -0.39 is 0 Å². The molecule has 5 rings (SSSR count).